The van der Waals surface area contributed by atoms with Crippen LogP contribution in [0, 0.1) is 11.8 Å². The van der Waals surface area contributed by atoms with Crippen molar-refractivity contribution >= 4 is 11.3 Å². The number of hydrogen-bond donors (Lipinski definition) is 1. The van der Waals surface area contributed by atoms with Crippen molar-refractivity contribution in [2.75, 3.05) is 26.2 Å². The van der Waals surface area contributed by atoms with Crippen LogP contribution in [0.25, 0.3) is 0 Å². The lowest BCUT2D eigenvalue weighted by Gasteiger charge is -2.38. The average molecular weight is 295 g/mol. The van der Waals surface area contributed by atoms with E-state index in [1.165, 1.54) is 45.4 Å². The summed E-state index contributed by atoms with van der Waals surface area (Å²) in [6, 6.07) is 5.16. The number of likely N-dealkylation sites (tertiary alicyclic amines) is 1. The molecule has 1 N–H and O–H groups in total. The van der Waals surface area contributed by atoms with Crippen LogP contribution in [0.15, 0.2) is 17.5 Å². The highest BCUT2D eigenvalue weighted by molar-refractivity contribution is 7.09. The molecular weight excluding hydrogens is 264 g/mol. The van der Waals surface area contributed by atoms with E-state index in [0.717, 1.165) is 11.8 Å². The Morgan fingerprint density at radius 2 is 2.25 bits per heavy atom. The lowest BCUT2D eigenvalue weighted by atomic mass is 9.90. The highest BCUT2D eigenvalue weighted by Gasteiger charge is 2.26. The second-order valence-corrected chi connectivity index (χ2v) is 7.60. The maximum atomic E-state index is 3.79. The molecule has 1 aromatic heterocycles. The van der Waals surface area contributed by atoms with Crippen molar-refractivity contribution in [3.8, 4) is 0 Å². The summed E-state index contributed by atoms with van der Waals surface area (Å²) in [4.78, 5) is 4.17. The van der Waals surface area contributed by atoms with Gasteiger partial charge in [-0.3, -0.25) is 0 Å². The molecule has 1 aromatic rings. The van der Waals surface area contributed by atoms with Gasteiger partial charge in [0.1, 0.15) is 0 Å². The van der Waals surface area contributed by atoms with E-state index in [1.807, 2.05) is 11.3 Å². The molecule has 1 aliphatic rings. The molecule has 0 radical (unpaired) electrons. The summed E-state index contributed by atoms with van der Waals surface area (Å²) in [6.45, 7) is 11.8. The van der Waals surface area contributed by atoms with Gasteiger partial charge in [-0.2, -0.15) is 0 Å². The Kier molecular flexibility index (Phi) is 6.53. The quantitative estimate of drug-likeness (QED) is 0.826. The van der Waals surface area contributed by atoms with Gasteiger partial charge in [0, 0.05) is 24.0 Å². The fourth-order valence-electron chi connectivity index (χ4n) is 3.15. The Bertz CT molecular complexity index is 361. The Hall–Kier alpha value is -0.380. The van der Waals surface area contributed by atoms with E-state index in [1.54, 1.807) is 4.88 Å². The topological polar surface area (TPSA) is 15.3 Å². The third-order valence-electron chi connectivity index (χ3n) is 4.28. The predicted octanol–water partition coefficient (Wildman–Crippen LogP) is 3.64. The van der Waals surface area contributed by atoms with Crippen LogP contribution in [0.5, 0.6) is 0 Å². The van der Waals surface area contributed by atoms with Crippen molar-refractivity contribution in [2.45, 2.75) is 46.1 Å². The highest BCUT2D eigenvalue weighted by Crippen LogP contribution is 2.23. The molecule has 0 aliphatic carbocycles. The molecule has 0 spiro atoms. The SMILES string of the molecule is CCN1CC(Cc2cccs2)CC(NCCC(C)C)C1. The van der Waals surface area contributed by atoms with Gasteiger partial charge in [0.25, 0.3) is 0 Å². The minimum absolute atomic E-state index is 0.687. The Balaban J connectivity index is 1.83. The number of nitrogens with one attached hydrogen (secondary N) is 1. The second kappa shape index (κ2) is 8.16. The number of piperidine rings is 1. The Morgan fingerprint density at radius 1 is 1.40 bits per heavy atom. The van der Waals surface area contributed by atoms with E-state index < -0.39 is 0 Å². The molecule has 2 rings (SSSR count). The van der Waals surface area contributed by atoms with Gasteiger partial charge in [-0.25, -0.2) is 0 Å². The lowest BCUT2D eigenvalue weighted by molar-refractivity contribution is 0.146. The normalized spacial score (nSPS) is 24.4. The van der Waals surface area contributed by atoms with Gasteiger partial charge in [0.2, 0.25) is 0 Å². The third kappa shape index (κ3) is 5.19. The fourth-order valence-corrected chi connectivity index (χ4v) is 3.97. The van der Waals surface area contributed by atoms with Crippen LogP contribution in [0.1, 0.15) is 38.5 Å². The molecule has 0 aromatic carbocycles. The van der Waals surface area contributed by atoms with E-state index in [0.29, 0.717) is 6.04 Å². The summed E-state index contributed by atoms with van der Waals surface area (Å²) in [5.74, 6) is 1.62. The molecule has 1 fully saturated rings. The van der Waals surface area contributed by atoms with E-state index in [-0.39, 0.29) is 0 Å². The molecule has 2 atom stereocenters. The van der Waals surface area contributed by atoms with E-state index >= 15 is 0 Å². The molecule has 1 saturated heterocycles. The zero-order valence-electron chi connectivity index (χ0n) is 13.3. The summed E-state index contributed by atoms with van der Waals surface area (Å²) in [7, 11) is 0. The first-order valence-electron chi connectivity index (χ1n) is 8.15. The van der Waals surface area contributed by atoms with E-state index in [9.17, 15) is 0 Å². The van der Waals surface area contributed by atoms with Crippen molar-refractivity contribution < 1.29 is 0 Å². The lowest BCUT2D eigenvalue weighted by Crippen LogP contribution is -2.49. The predicted molar refractivity (Wildman–Crippen MR) is 89.5 cm³/mol. The molecule has 0 amide bonds. The molecule has 0 bridgehead atoms. The molecule has 0 saturated carbocycles. The monoisotopic (exact) mass is 294 g/mol. The Morgan fingerprint density at radius 3 is 2.90 bits per heavy atom. The number of rotatable bonds is 7. The van der Waals surface area contributed by atoms with Crippen LogP contribution in [0.3, 0.4) is 0 Å². The van der Waals surface area contributed by atoms with Gasteiger partial charge < -0.3 is 10.2 Å². The summed E-state index contributed by atoms with van der Waals surface area (Å²) in [5, 5.41) is 5.99. The first-order chi connectivity index (χ1) is 9.67. The summed E-state index contributed by atoms with van der Waals surface area (Å²) in [6.07, 6.45) is 3.89. The number of hydrogen-bond acceptors (Lipinski definition) is 3. The highest BCUT2D eigenvalue weighted by atomic mass is 32.1. The zero-order chi connectivity index (χ0) is 14.4. The summed E-state index contributed by atoms with van der Waals surface area (Å²) in [5.41, 5.74) is 0. The van der Waals surface area contributed by atoms with Crippen LogP contribution in [0.2, 0.25) is 0 Å². The number of nitrogens with zero attached hydrogens (tertiary/aromatic N) is 1. The molecule has 2 heterocycles. The van der Waals surface area contributed by atoms with Gasteiger partial charge in [-0.1, -0.05) is 26.8 Å². The maximum absolute atomic E-state index is 3.79. The van der Waals surface area contributed by atoms with Crippen molar-refractivity contribution in [3.05, 3.63) is 22.4 Å². The molecule has 3 heteroatoms. The summed E-state index contributed by atoms with van der Waals surface area (Å²) < 4.78 is 0. The fraction of sp³-hybridized carbons (Fsp3) is 0.765. The number of thiophene rings is 1. The van der Waals surface area contributed by atoms with Gasteiger partial charge in [-0.15, -0.1) is 11.3 Å². The molecule has 2 nitrogen and oxygen atoms in total. The van der Waals surface area contributed by atoms with E-state index in [4.69, 9.17) is 0 Å². The molecule has 1 aliphatic heterocycles. The number of likely N-dealkylation sites (N-methyl/N-ethyl adjacent to an activating group) is 1. The molecule has 114 valence electrons. The molecular formula is C17H30N2S. The zero-order valence-corrected chi connectivity index (χ0v) is 14.1. The van der Waals surface area contributed by atoms with Crippen LogP contribution >= 0.6 is 11.3 Å². The van der Waals surface area contributed by atoms with Crippen LogP contribution in [0.4, 0.5) is 0 Å². The largest absolute Gasteiger partial charge is 0.313 e. The average Bonchev–Trinajstić information content (AvgIpc) is 2.91. The Labute approximate surface area is 128 Å². The van der Waals surface area contributed by atoms with Gasteiger partial charge in [-0.05, 0) is 55.6 Å². The van der Waals surface area contributed by atoms with Gasteiger partial charge in [0.05, 0.1) is 0 Å². The smallest absolute Gasteiger partial charge is 0.0198 e. The van der Waals surface area contributed by atoms with Crippen LogP contribution < -0.4 is 5.32 Å². The first kappa shape index (κ1) is 16.0. The van der Waals surface area contributed by atoms with E-state index in [2.05, 4.69) is 48.5 Å². The van der Waals surface area contributed by atoms with Crippen LogP contribution in [-0.4, -0.2) is 37.1 Å². The first-order valence-corrected chi connectivity index (χ1v) is 9.03. The third-order valence-corrected chi connectivity index (χ3v) is 5.18. The minimum atomic E-state index is 0.687. The second-order valence-electron chi connectivity index (χ2n) is 6.57. The molecule has 20 heavy (non-hydrogen) atoms. The van der Waals surface area contributed by atoms with Crippen molar-refractivity contribution in [2.24, 2.45) is 11.8 Å². The summed E-state index contributed by atoms with van der Waals surface area (Å²) >= 11 is 1.91. The van der Waals surface area contributed by atoms with Gasteiger partial charge in [0.15, 0.2) is 0 Å². The maximum Gasteiger partial charge on any atom is 0.0198 e. The molecule has 2 unspecified atom stereocenters. The minimum Gasteiger partial charge on any atom is -0.313 e. The van der Waals surface area contributed by atoms with Crippen molar-refractivity contribution in [1.29, 1.82) is 0 Å². The van der Waals surface area contributed by atoms with Crippen LogP contribution in [-0.2, 0) is 6.42 Å². The standard InChI is InChI=1S/C17H30N2S/c1-4-19-12-15(11-17-6-5-9-20-17)10-16(13-19)18-8-7-14(2)3/h5-6,9,14-16,18H,4,7-8,10-13H2,1-3H3. The van der Waals surface area contributed by atoms with Crippen molar-refractivity contribution in [1.82, 2.24) is 10.2 Å². The van der Waals surface area contributed by atoms with Gasteiger partial charge >= 0.3 is 0 Å². The van der Waals surface area contributed by atoms with Crippen molar-refractivity contribution in [3.63, 3.8) is 0 Å².